The number of ether oxygens (including phenoxy) is 1. The summed E-state index contributed by atoms with van der Waals surface area (Å²) in [7, 11) is 3.85. The molecule has 3 rings (SSSR count). The number of aromatic nitrogens is 3. The molecule has 8 nitrogen and oxygen atoms in total. The van der Waals surface area contributed by atoms with Gasteiger partial charge in [-0.3, -0.25) is 10.1 Å². The van der Waals surface area contributed by atoms with Crippen LogP contribution in [0, 0.1) is 5.92 Å². The van der Waals surface area contributed by atoms with Crippen molar-refractivity contribution < 1.29 is 9.15 Å². The molecule has 2 aromatic rings. The zero-order valence-electron chi connectivity index (χ0n) is 14.2. The summed E-state index contributed by atoms with van der Waals surface area (Å²) < 4.78 is 10.7. The summed E-state index contributed by atoms with van der Waals surface area (Å²) in [6.45, 7) is 3.39. The van der Waals surface area contributed by atoms with Gasteiger partial charge in [0.1, 0.15) is 5.82 Å². The average molecular weight is 332 g/mol. The van der Waals surface area contributed by atoms with Gasteiger partial charge in [-0.05, 0) is 18.6 Å². The van der Waals surface area contributed by atoms with E-state index in [0.717, 1.165) is 50.9 Å². The Morgan fingerprint density at radius 3 is 3.17 bits per heavy atom. The van der Waals surface area contributed by atoms with E-state index in [9.17, 15) is 0 Å². The van der Waals surface area contributed by atoms with Crippen LogP contribution < -0.4 is 5.32 Å². The molecule has 0 bridgehead atoms. The van der Waals surface area contributed by atoms with Crippen LogP contribution in [-0.4, -0.2) is 66.4 Å². The van der Waals surface area contributed by atoms with Crippen molar-refractivity contribution in [3.8, 4) is 11.6 Å². The molecule has 2 N–H and O–H groups in total. The van der Waals surface area contributed by atoms with Gasteiger partial charge in [-0.2, -0.15) is 5.10 Å². The molecule has 130 valence electrons. The van der Waals surface area contributed by atoms with Crippen molar-refractivity contribution in [3.63, 3.8) is 0 Å². The Bertz CT molecular complexity index is 645. The Kier molecular flexibility index (Phi) is 5.47. The lowest BCUT2D eigenvalue weighted by Gasteiger charge is -2.24. The molecule has 1 atom stereocenters. The van der Waals surface area contributed by atoms with Crippen molar-refractivity contribution in [2.45, 2.75) is 12.8 Å². The van der Waals surface area contributed by atoms with E-state index < -0.39 is 0 Å². The second kappa shape index (κ2) is 7.96. The van der Waals surface area contributed by atoms with Gasteiger partial charge in [-0.1, -0.05) is 0 Å². The van der Waals surface area contributed by atoms with Gasteiger partial charge in [0.2, 0.25) is 5.82 Å². The van der Waals surface area contributed by atoms with Gasteiger partial charge in [-0.15, -0.1) is 0 Å². The molecule has 0 radical (unpaired) electrons. The summed E-state index contributed by atoms with van der Waals surface area (Å²) in [6.07, 6.45) is 3.46. The van der Waals surface area contributed by atoms with Crippen molar-refractivity contribution in [3.05, 3.63) is 24.2 Å². The Morgan fingerprint density at radius 2 is 2.46 bits per heavy atom. The van der Waals surface area contributed by atoms with E-state index in [0.29, 0.717) is 17.5 Å². The average Bonchev–Trinajstić information content (AvgIpc) is 3.32. The number of hydrogen-bond acceptors (Lipinski definition) is 5. The normalized spacial score (nSPS) is 18.1. The first-order valence-electron chi connectivity index (χ1n) is 8.21. The standard InChI is InChI=1S/C16H24N6O2/c1-17-16(22(2)10-12-6-9-23-11-12)18-7-5-14-19-15(21-20-14)13-4-3-8-24-13/h3-4,8,12H,5-7,9-11H2,1-2H3,(H,17,18)(H,19,20,21). The molecular weight excluding hydrogens is 308 g/mol. The highest BCUT2D eigenvalue weighted by Gasteiger charge is 2.19. The van der Waals surface area contributed by atoms with Crippen molar-refractivity contribution in [2.75, 3.05) is 40.4 Å². The predicted octanol–water partition coefficient (Wildman–Crippen LogP) is 1.15. The molecule has 0 spiro atoms. The van der Waals surface area contributed by atoms with Crippen LogP contribution in [0.4, 0.5) is 0 Å². The Hall–Kier alpha value is -2.35. The van der Waals surface area contributed by atoms with E-state index in [-0.39, 0.29) is 0 Å². The largest absolute Gasteiger partial charge is 0.461 e. The summed E-state index contributed by atoms with van der Waals surface area (Å²) in [5.41, 5.74) is 0. The summed E-state index contributed by atoms with van der Waals surface area (Å²) in [5, 5.41) is 10.5. The Morgan fingerprint density at radius 1 is 1.54 bits per heavy atom. The molecule has 1 aliphatic heterocycles. The zero-order valence-corrected chi connectivity index (χ0v) is 14.2. The first kappa shape index (κ1) is 16.5. The number of hydrogen-bond donors (Lipinski definition) is 2. The maximum atomic E-state index is 5.43. The molecule has 0 saturated carbocycles. The fourth-order valence-corrected chi connectivity index (χ4v) is 2.80. The second-order valence-electron chi connectivity index (χ2n) is 5.92. The van der Waals surface area contributed by atoms with Gasteiger partial charge in [0.25, 0.3) is 0 Å². The van der Waals surface area contributed by atoms with Gasteiger partial charge in [0, 0.05) is 46.1 Å². The fraction of sp³-hybridized carbons (Fsp3) is 0.562. The molecule has 1 saturated heterocycles. The van der Waals surface area contributed by atoms with Crippen LogP contribution in [0.3, 0.4) is 0 Å². The lowest BCUT2D eigenvalue weighted by Crippen LogP contribution is -2.42. The van der Waals surface area contributed by atoms with Crippen LogP contribution in [0.2, 0.25) is 0 Å². The van der Waals surface area contributed by atoms with Crippen LogP contribution in [0.25, 0.3) is 11.6 Å². The van der Waals surface area contributed by atoms with Crippen LogP contribution >= 0.6 is 0 Å². The quantitative estimate of drug-likeness (QED) is 0.609. The molecule has 1 unspecified atom stereocenters. The van der Waals surface area contributed by atoms with Crippen LogP contribution in [0.1, 0.15) is 12.2 Å². The lowest BCUT2D eigenvalue weighted by atomic mass is 10.1. The van der Waals surface area contributed by atoms with Gasteiger partial charge < -0.3 is 19.4 Å². The summed E-state index contributed by atoms with van der Waals surface area (Å²) in [6, 6.07) is 3.66. The molecule has 0 amide bonds. The molecule has 1 fully saturated rings. The predicted molar refractivity (Wildman–Crippen MR) is 90.7 cm³/mol. The third-order valence-corrected chi connectivity index (χ3v) is 4.05. The highest BCUT2D eigenvalue weighted by atomic mass is 16.5. The van der Waals surface area contributed by atoms with E-state index >= 15 is 0 Å². The highest BCUT2D eigenvalue weighted by Crippen LogP contribution is 2.14. The monoisotopic (exact) mass is 332 g/mol. The maximum Gasteiger partial charge on any atom is 0.216 e. The van der Waals surface area contributed by atoms with E-state index in [4.69, 9.17) is 9.15 Å². The van der Waals surface area contributed by atoms with Gasteiger partial charge >= 0.3 is 0 Å². The van der Waals surface area contributed by atoms with Crippen molar-refractivity contribution in [1.29, 1.82) is 0 Å². The number of nitrogens with one attached hydrogen (secondary N) is 2. The van der Waals surface area contributed by atoms with Crippen LogP contribution in [-0.2, 0) is 11.2 Å². The van der Waals surface area contributed by atoms with Crippen molar-refractivity contribution in [1.82, 2.24) is 25.4 Å². The minimum absolute atomic E-state index is 0.581. The smallest absolute Gasteiger partial charge is 0.216 e. The number of nitrogens with zero attached hydrogens (tertiary/aromatic N) is 4. The summed E-state index contributed by atoms with van der Waals surface area (Å²) in [4.78, 5) is 10.9. The molecule has 8 heteroatoms. The van der Waals surface area contributed by atoms with Crippen LogP contribution in [0.5, 0.6) is 0 Å². The SMILES string of the molecule is CN=C(NCCc1nc(-c2ccco2)n[nH]1)N(C)CC1CCOC1. The molecule has 1 aliphatic rings. The minimum atomic E-state index is 0.581. The third-order valence-electron chi connectivity index (χ3n) is 4.05. The highest BCUT2D eigenvalue weighted by molar-refractivity contribution is 5.79. The molecular formula is C16H24N6O2. The van der Waals surface area contributed by atoms with Gasteiger partial charge in [0.05, 0.1) is 12.9 Å². The lowest BCUT2D eigenvalue weighted by molar-refractivity contribution is 0.181. The summed E-state index contributed by atoms with van der Waals surface area (Å²) >= 11 is 0. The molecule has 0 aromatic carbocycles. The first-order valence-corrected chi connectivity index (χ1v) is 8.21. The van der Waals surface area contributed by atoms with E-state index in [1.165, 1.54) is 0 Å². The number of aromatic amines is 1. The molecule has 0 aliphatic carbocycles. The Balaban J connectivity index is 1.46. The van der Waals surface area contributed by atoms with Crippen LogP contribution in [0.15, 0.2) is 27.8 Å². The van der Waals surface area contributed by atoms with Gasteiger partial charge in [0.15, 0.2) is 11.7 Å². The van der Waals surface area contributed by atoms with E-state index in [2.05, 4.69) is 37.4 Å². The molecule has 24 heavy (non-hydrogen) atoms. The minimum Gasteiger partial charge on any atom is -0.461 e. The third kappa shape index (κ3) is 4.14. The fourth-order valence-electron chi connectivity index (χ4n) is 2.80. The first-order chi connectivity index (χ1) is 11.8. The topological polar surface area (TPSA) is 91.6 Å². The number of H-pyrrole nitrogens is 1. The number of furan rings is 1. The van der Waals surface area contributed by atoms with E-state index in [1.807, 2.05) is 12.1 Å². The summed E-state index contributed by atoms with van der Waals surface area (Å²) in [5.74, 6) is 3.53. The molecule has 3 heterocycles. The Labute approximate surface area is 141 Å². The van der Waals surface area contributed by atoms with Crippen molar-refractivity contribution >= 4 is 5.96 Å². The van der Waals surface area contributed by atoms with Gasteiger partial charge in [-0.25, -0.2) is 4.98 Å². The van der Waals surface area contributed by atoms with E-state index in [1.54, 1.807) is 13.3 Å². The molecule has 2 aromatic heterocycles. The number of rotatable bonds is 6. The zero-order chi connectivity index (χ0) is 16.8. The van der Waals surface area contributed by atoms with Crippen molar-refractivity contribution in [2.24, 2.45) is 10.9 Å². The number of guanidine groups is 1. The second-order valence-corrected chi connectivity index (χ2v) is 5.92. The number of aliphatic imine (C=N–C) groups is 1. The maximum absolute atomic E-state index is 5.43.